The molecule has 1 saturated heterocycles. The van der Waals surface area contributed by atoms with E-state index < -0.39 is 23.1 Å². The van der Waals surface area contributed by atoms with Gasteiger partial charge < -0.3 is 20.3 Å². The first-order valence-electron chi connectivity index (χ1n) is 10.7. The molecule has 0 bridgehead atoms. The van der Waals surface area contributed by atoms with Crippen LogP contribution in [0.1, 0.15) is 12.0 Å². The number of nitrogens with zero attached hydrogens (tertiary/aromatic N) is 3. The molecule has 3 N–H and O–H groups in total. The number of carbonyl (C=O) groups is 2. The van der Waals surface area contributed by atoms with Crippen LogP contribution in [0.5, 0.6) is 5.75 Å². The molecule has 0 aliphatic carbocycles. The number of methoxy groups -OCH3 is 1. The largest absolute Gasteiger partial charge is 0.497 e. The van der Waals surface area contributed by atoms with Gasteiger partial charge in [-0.25, -0.2) is 4.79 Å². The summed E-state index contributed by atoms with van der Waals surface area (Å²) in [7, 11) is 2.97. The second-order valence-electron chi connectivity index (χ2n) is 8.07. The van der Waals surface area contributed by atoms with Crippen molar-refractivity contribution in [2.75, 3.05) is 36.2 Å². The number of hydrogen-bond donors (Lipinski definition) is 2. The van der Waals surface area contributed by atoms with Gasteiger partial charge in [0.25, 0.3) is 5.56 Å². The fraction of sp³-hybridized carbons (Fsp3) is 0.250. The topological polar surface area (TPSA) is 131 Å². The standard InChI is InChI=1S/C24H25N5O5/c1-27(20-21(25)29(24(33)26-22(20)31)13-15-6-4-3-5-7-15)23(32)16-12-19(30)28(14-16)17-8-10-18(34-2)11-9-17/h3-11,16H,12-14,25H2,1-2H3,(H,26,31,33). The Hall–Kier alpha value is -4.34. The van der Waals surface area contributed by atoms with Gasteiger partial charge in [0, 0.05) is 25.7 Å². The van der Waals surface area contributed by atoms with Crippen LogP contribution in [0.25, 0.3) is 0 Å². The van der Waals surface area contributed by atoms with Crippen molar-refractivity contribution in [1.82, 2.24) is 9.55 Å². The summed E-state index contributed by atoms with van der Waals surface area (Å²) in [5, 5.41) is 0. The molecular weight excluding hydrogens is 438 g/mol. The van der Waals surface area contributed by atoms with Crippen molar-refractivity contribution >= 4 is 29.0 Å². The minimum absolute atomic E-state index is 0.00331. The third kappa shape index (κ3) is 4.29. The number of carbonyl (C=O) groups excluding carboxylic acids is 2. The fourth-order valence-electron chi connectivity index (χ4n) is 4.09. The number of aromatic nitrogens is 2. The number of ether oxygens (including phenoxy) is 1. The van der Waals surface area contributed by atoms with Gasteiger partial charge in [0.1, 0.15) is 11.6 Å². The first-order valence-corrected chi connectivity index (χ1v) is 10.7. The van der Waals surface area contributed by atoms with Crippen molar-refractivity contribution in [3.8, 4) is 5.75 Å². The van der Waals surface area contributed by atoms with Gasteiger partial charge in [0.2, 0.25) is 11.8 Å². The first-order chi connectivity index (χ1) is 16.3. The van der Waals surface area contributed by atoms with Crippen LogP contribution in [-0.4, -0.2) is 42.1 Å². The van der Waals surface area contributed by atoms with E-state index in [0.29, 0.717) is 11.4 Å². The van der Waals surface area contributed by atoms with E-state index in [0.717, 1.165) is 10.5 Å². The zero-order valence-corrected chi connectivity index (χ0v) is 18.9. The first kappa shape index (κ1) is 22.8. The Labute approximate surface area is 195 Å². The van der Waals surface area contributed by atoms with Crippen LogP contribution < -0.4 is 31.5 Å². The van der Waals surface area contributed by atoms with E-state index >= 15 is 0 Å². The lowest BCUT2D eigenvalue weighted by Crippen LogP contribution is -2.42. The molecule has 1 unspecified atom stereocenters. The highest BCUT2D eigenvalue weighted by atomic mass is 16.5. The van der Waals surface area contributed by atoms with E-state index in [4.69, 9.17) is 10.5 Å². The molecular formula is C24H25N5O5. The van der Waals surface area contributed by atoms with Crippen molar-refractivity contribution in [2.24, 2.45) is 5.92 Å². The summed E-state index contributed by atoms with van der Waals surface area (Å²) in [6.07, 6.45) is -0.00331. The van der Waals surface area contributed by atoms with E-state index in [1.807, 2.05) is 30.3 Å². The van der Waals surface area contributed by atoms with E-state index in [1.165, 1.54) is 16.5 Å². The average molecular weight is 463 g/mol. The third-order valence-corrected chi connectivity index (χ3v) is 5.92. The molecule has 2 amide bonds. The third-order valence-electron chi connectivity index (χ3n) is 5.92. The summed E-state index contributed by atoms with van der Waals surface area (Å²) in [5.41, 5.74) is 6.10. The summed E-state index contributed by atoms with van der Waals surface area (Å²) >= 11 is 0. The second-order valence-corrected chi connectivity index (χ2v) is 8.07. The van der Waals surface area contributed by atoms with Crippen LogP contribution in [-0.2, 0) is 16.1 Å². The molecule has 2 heterocycles. The van der Waals surface area contributed by atoms with Crippen LogP contribution in [0.15, 0.2) is 64.2 Å². The predicted molar refractivity (Wildman–Crippen MR) is 128 cm³/mol. The SMILES string of the molecule is COc1ccc(N2CC(C(=O)N(C)c3c(N)n(Cc4ccccc4)c(=O)[nH]c3=O)CC2=O)cc1. The lowest BCUT2D eigenvalue weighted by molar-refractivity contribution is -0.124. The highest BCUT2D eigenvalue weighted by Crippen LogP contribution is 2.29. The maximum absolute atomic E-state index is 13.3. The molecule has 1 aliphatic heterocycles. The maximum atomic E-state index is 13.3. The fourth-order valence-corrected chi connectivity index (χ4v) is 4.09. The van der Waals surface area contributed by atoms with Crippen LogP contribution >= 0.6 is 0 Å². The number of nitrogen functional groups attached to an aromatic ring is 1. The number of amides is 2. The number of nitrogens with two attached hydrogens (primary N) is 1. The smallest absolute Gasteiger partial charge is 0.330 e. The van der Waals surface area contributed by atoms with Crippen molar-refractivity contribution < 1.29 is 14.3 Å². The molecule has 4 rings (SSSR count). The Morgan fingerprint density at radius 3 is 2.44 bits per heavy atom. The van der Waals surface area contributed by atoms with Crippen molar-refractivity contribution in [3.05, 3.63) is 81.0 Å². The van der Waals surface area contributed by atoms with Crippen molar-refractivity contribution in [3.63, 3.8) is 0 Å². The Balaban J connectivity index is 1.59. The van der Waals surface area contributed by atoms with Gasteiger partial charge in [-0.3, -0.25) is 23.9 Å². The lowest BCUT2D eigenvalue weighted by atomic mass is 10.1. The minimum atomic E-state index is -0.765. The van der Waals surface area contributed by atoms with Gasteiger partial charge >= 0.3 is 5.69 Å². The number of aromatic amines is 1. The van der Waals surface area contributed by atoms with Crippen LogP contribution in [0.2, 0.25) is 0 Å². The Kier molecular flexibility index (Phi) is 6.22. The lowest BCUT2D eigenvalue weighted by Gasteiger charge is -2.23. The van der Waals surface area contributed by atoms with E-state index in [-0.39, 0.29) is 36.9 Å². The Morgan fingerprint density at radius 2 is 1.79 bits per heavy atom. The minimum Gasteiger partial charge on any atom is -0.497 e. The molecule has 176 valence electrons. The average Bonchev–Trinajstić information content (AvgIpc) is 3.23. The highest BCUT2D eigenvalue weighted by Gasteiger charge is 2.38. The van der Waals surface area contributed by atoms with Gasteiger partial charge in [-0.15, -0.1) is 0 Å². The maximum Gasteiger partial charge on any atom is 0.330 e. The molecule has 0 radical (unpaired) electrons. The molecule has 1 aromatic heterocycles. The van der Waals surface area contributed by atoms with Gasteiger partial charge in [-0.2, -0.15) is 0 Å². The molecule has 10 nitrogen and oxygen atoms in total. The summed E-state index contributed by atoms with van der Waals surface area (Å²) in [4.78, 5) is 55.8. The quantitative estimate of drug-likeness (QED) is 0.565. The van der Waals surface area contributed by atoms with Gasteiger partial charge in [0.05, 0.1) is 19.6 Å². The number of hydrogen-bond acceptors (Lipinski definition) is 6. The number of anilines is 3. The summed E-state index contributed by atoms with van der Waals surface area (Å²) in [6.45, 7) is 0.292. The van der Waals surface area contributed by atoms with Gasteiger partial charge in [-0.1, -0.05) is 30.3 Å². The molecule has 10 heteroatoms. The second kappa shape index (κ2) is 9.26. The van der Waals surface area contributed by atoms with Crippen LogP contribution in [0.3, 0.4) is 0 Å². The zero-order valence-electron chi connectivity index (χ0n) is 18.9. The number of H-pyrrole nitrogens is 1. The Morgan fingerprint density at radius 1 is 1.12 bits per heavy atom. The van der Waals surface area contributed by atoms with E-state index in [1.54, 1.807) is 31.4 Å². The molecule has 1 fully saturated rings. The van der Waals surface area contributed by atoms with Crippen LogP contribution in [0, 0.1) is 5.92 Å². The molecule has 0 saturated carbocycles. The summed E-state index contributed by atoms with van der Waals surface area (Å²) < 4.78 is 6.35. The number of rotatable bonds is 6. The molecule has 0 spiro atoms. The summed E-state index contributed by atoms with van der Waals surface area (Å²) in [5.74, 6) is -0.778. The van der Waals surface area contributed by atoms with E-state index in [2.05, 4.69) is 4.98 Å². The monoisotopic (exact) mass is 463 g/mol. The summed E-state index contributed by atoms with van der Waals surface area (Å²) in [6, 6.07) is 16.1. The molecule has 34 heavy (non-hydrogen) atoms. The Bertz CT molecular complexity index is 1330. The van der Waals surface area contributed by atoms with Gasteiger partial charge in [-0.05, 0) is 29.8 Å². The van der Waals surface area contributed by atoms with Crippen molar-refractivity contribution in [2.45, 2.75) is 13.0 Å². The predicted octanol–water partition coefficient (Wildman–Crippen LogP) is 1.19. The molecule has 1 aliphatic rings. The van der Waals surface area contributed by atoms with Crippen LogP contribution in [0.4, 0.5) is 17.2 Å². The number of nitrogens with one attached hydrogen (secondary N) is 1. The van der Waals surface area contributed by atoms with Gasteiger partial charge in [0.15, 0.2) is 5.69 Å². The molecule has 1 atom stereocenters. The van der Waals surface area contributed by atoms with Crippen molar-refractivity contribution in [1.29, 1.82) is 0 Å². The highest BCUT2D eigenvalue weighted by molar-refractivity contribution is 6.04. The normalized spacial score (nSPS) is 15.4. The van der Waals surface area contributed by atoms with E-state index in [9.17, 15) is 19.2 Å². The number of benzene rings is 2. The zero-order chi connectivity index (χ0) is 24.4. The molecule has 3 aromatic rings. The molecule has 2 aromatic carbocycles.